The normalized spacial score (nSPS) is 10.1. The molecule has 1 amide bonds. The van der Waals surface area contributed by atoms with E-state index in [2.05, 4.69) is 10.3 Å². The van der Waals surface area contributed by atoms with Gasteiger partial charge in [0.1, 0.15) is 5.82 Å². The Morgan fingerprint density at radius 2 is 1.86 bits per heavy atom. The van der Waals surface area contributed by atoms with E-state index in [9.17, 15) is 9.59 Å². The van der Waals surface area contributed by atoms with Gasteiger partial charge in [-0.2, -0.15) is 0 Å². The summed E-state index contributed by atoms with van der Waals surface area (Å²) in [5.41, 5.74) is 2.17. The van der Waals surface area contributed by atoms with Gasteiger partial charge >= 0.3 is 5.97 Å². The number of aromatic carboxylic acids is 1. The number of aromatic nitrogens is 1. The second kappa shape index (κ2) is 6.65. The fraction of sp³-hybridized carbons (Fsp3) is 0.188. The van der Waals surface area contributed by atoms with Gasteiger partial charge in [0.05, 0.1) is 0 Å². The van der Waals surface area contributed by atoms with Crippen molar-refractivity contribution in [2.24, 2.45) is 0 Å². The van der Waals surface area contributed by atoms with Gasteiger partial charge in [0.15, 0.2) is 5.69 Å². The maximum atomic E-state index is 11.8. The molecule has 0 aliphatic rings. The first-order valence-electron chi connectivity index (χ1n) is 6.60. The van der Waals surface area contributed by atoms with Crippen LogP contribution in [0.4, 0.5) is 5.82 Å². The molecular formula is C16H16N2O3. The van der Waals surface area contributed by atoms with Crippen LogP contribution in [0.15, 0.2) is 42.5 Å². The van der Waals surface area contributed by atoms with E-state index in [4.69, 9.17) is 5.11 Å². The molecule has 108 valence electrons. The molecule has 2 rings (SSSR count). The van der Waals surface area contributed by atoms with Gasteiger partial charge in [0.2, 0.25) is 5.91 Å². The molecule has 0 fully saturated rings. The summed E-state index contributed by atoms with van der Waals surface area (Å²) >= 11 is 0. The lowest BCUT2D eigenvalue weighted by Crippen LogP contribution is -2.14. The highest BCUT2D eigenvalue weighted by atomic mass is 16.4. The van der Waals surface area contributed by atoms with Crippen LogP contribution in [-0.4, -0.2) is 22.0 Å². The number of nitrogens with zero attached hydrogens (tertiary/aromatic N) is 1. The molecule has 0 unspecified atom stereocenters. The number of pyridine rings is 1. The van der Waals surface area contributed by atoms with E-state index in [1.165, 1.54) is 11.6 Å². The minimum absolute atomic E-state index is 0.0914. The van der Waals surface area contributed by atoms with Crippen molar-refractivity contribution in [3.05, 3.63) is 59.3 Å². The number of carbonyl (C=O) groups is 2. The van der Waals surface area contributed by atoms with Gasteiger partial charge < -0.3 is 10.4 Å². The second-order valence-electron chi connectivity index (χ2n) is 4.75. The van der Waals surface area contributed by atoms with E-state index in [-0.39, 0.29) is 17.4 Å². The third-order valence-corrected chi connectivity index (χ3v) is 3.00. The van der Waals surface area contributed by atoms with Gasteiger partial charge in [-0.25, -0.2) is 9.78 Å². The van der Waals surface area contributed by atoms with Crippen molar-refractivity contribution in [3.63, 3.8) is 0 Å². The van der Waals surface area contributed by atoms with Gasteiger partial charge in [-0.3, -0.25) is 4.79 Å². The second-order valence-corrected chi connectivity index (χ2v) is 4.75. The van der Waals surface area contributed by atoms with Crippen LogP contribution in [0.2, 0.25) is 0 Å². The molecule has 5 nitrogen and oxygen atoms in total. The maximum Gasteiger partial charge on any atom is 0.354 e. The predicted molar refractivity (Wildman–Crippen MR) is 79.3 cm³/mol. The fourth-order valence-corrected chi connectivity index (χ4v) is 1.84. The Bertz CT molecular complexity index is 651. The SMILES string of the molecule is Cc1ccc(CCC(=O)Nc2cccc(C(=O)O)n2)cc1. The molecule has 1 aromatic carbocycles. The van der Waals surface area contributed by atoms with Gasteiger partial charge in [-0.05, 0) is 31.0 Å². The van der Waals surface area contributed by atoms with Crippen molar-refractivity contribution in [2.45, 2.75) is 19.8 Å². The number of nitrogens with one attached hydrogen (secondary N) is 1. The molecule has 2 N–H and O–H groups in total. The molecule has 0 spiro atoms. The molecule has 0 radical (unpaired) electrons. The van der Waals surface area contributed by atoms with Crippen molar-refractivity contribution in [3.8, 4) is 0 Å². The quantitative estimate of drug-likeness (QED) is 0.884. The van der Waals surface area contributed by atoms with Gasteiger partial charge in [0, 0.05) is 6.42 Å². The van der Waals surface area contributed by atoms with Crippen LogP contribution >= 0.6 is 0 Å². The number of amides is 1. The lowest BCUT2D eigenvalue weighted by molar-refractivity contribution is -0.116. The Morgan fingerprint density at radius 3 is 2.52 bits per heavy atom. The number of anilines is 1. The molecule has 0 saturated carbocycles. The Kier molecular flexibility index (Phi) is 4.66. The summed E-state index contributed by atoms with van der Waals surface area (Å²) in [6.45, 7) is 2.01. The first-order chi connectivity index (χ1) is 10.0. The maximum absolute atomic E-state index is 11.8. The van der Waals surface area contributed by atoms with E-state index < -0.39 is 5.97 Å². The van der Waals surface area contributed by atoms with Crippen molar-refractivity contribution < 1.29 is 14.7 Å². The van der Waals surface area contributed by atoms with Crippen molar-refractivity contribution in [1.29, 1.82) is 0 Å². The predicted octanol–water partition coefficient (Wildman–Crippen LogP) is 2.66. The number of hydrogen-bond donors (Lipinski definition) is 2. The highest BCUT2D eigenvalue weighted by molar-refractivity contribution is 5.91. The Balaban J connectivity index is 1.91. The lowest BCUT2D eigenvalue weighted by atomic mass is 10.1. The van der Waals surface area contributed by atoms with Gasteiger partial charge in [-0.1, -0.05) is 35.9 Å². The first-order valence-corrected chi connectivity index (χ1v) is 6.60. The third-order valence-electron chi connectivity index (χ3n) is 3.00. The van der Waals surface area contributed by atoms with Gasteiger partial charge in [0.25, 0.3) is 0 Å². The molecule has 0 saturated heterocycles. The standard InChI is InChI=1S/C16H16N2O3/c1-11-5-7-12(8-6-11)9-10-15(19)18-14-4-2-3-13(17-14)16(20)21/h2-8H,9-10H2,1H3,(H,20,21)(H,17,18,19). The fourth-order valence-electron chi connectivity index (χ4n) is 1.84. The van der Waals surface area contributed by atoms with Crippen LogP contribution < -0.4 is 5.32 Å². The number of carbonyl (C=O) groups excluding carboxylic acids is 1. The molecule has 1 aromatic heterocycles. The molecule has 0 aliphatic carbocycles. The van der Waals surface area contributed by atoms with Crippen LogP contribution in [0.3, 0.4) is 0 Å². The van der Waals surface area contributed by atoms with E-state index >= 15 is 0 Å². The number of aryl methyl sites for hydroxylation is 2. The summed E-state index contributed by atoms with van der Waals surface area (Å²) in [4.78, 5) is 26.5. The van der Waals surface area contributed by atoms with Crippen LogP contribution in [0.5, 0.6) is 0 Å². The van der Waals surface area contributed by atoms with E-state index in [0.29, 0.717) is 12.8 Å². The number of carboxylic acid groups (broad SMARTS) is 1. The van der Waals surface area contributed by atoms with Crippen LogP contribution in [0.1, 0.15) is 28.0 Å². The first kappa shape index (κ1) is 14.7. The number of carboxylic acids is 1. The van der Waals surface area contributed by atoms with Crippen LogP contribution in [-0.2, 0) is 11.2 Å². The Hall–Kier alpha value is -2.69. The smallest absolute Gasteiger partial charge is 0.354 e. The molecule has 0 bridgehead atoms. The topological polar surface area (TPSA) is 79.3 Å². The highest BCUT2D eigenvalue weighted by Gasteiger charge is 2.08. The molecule has 21 heavy (non-hydrogen) atoms. The minimum atomic E-state index is -1.12. The average Bonchev–Trinajstić information content (AvgIpc) is 2.47. The number of hydrogen-bond acceptors (Lipinski definition) is 3. The summed E-state index contributed by atoms with van der Waals surface area (Å²) in [6, 6.07) is 12.5. The lowest BCUT2D eigenvalue weighted by Gasteiger charge is -2.05. The summed E-state index contributed by atoms with van der Waals surface area (Å²) < 4.78 is 0. The van der Waals surface area contributed by atoms with Crippen molar-refractivity contribution >= 4 is 17.7 Å². The summed E-state index contributed by atoms with van der Waals surface area (Å²) in [7, 11) is 0. The zero-order chi connectivity index (χ0) is 15.2. The highest BCUT2D eigenvalue weighted by Crippen LogP contribution is 2.08. The number of benzene rings is 1. The Labute approximate surface area is 122 Å². The average molecular weight is 284 g/mol. The molecule has 0 aliphatic heterocycles. The molecule has 5 heteroatoms. The third kappa shape index (κ3) is 4.42. The minimum Gasteiger partial charge on any atom is -0.477 e. The zero-order valence-corrected chi connectivity index (χ0v) is 11.7. The van der Waals surface area contributed by atoms with E-state index in [1.54, 1.807) is 12.1 Å². The Morgan fingerprint density at radius 1 is 1.14 bits per heavy atom. The summed E-state index contributed by atoms with van der Waals surface area (Å²) in [6.07, 6.45) is 0.951. The molecule has 0 atom stereocenters. The molecule has 2 aromatic rings. The van der Waals surface area contributed by atoms with E-state index in [1.807, 2.05) is 31.2 Å². The summed E-state index contributed by atoms with van der Waals surface area (Å²) in [5, 5.41) is 11.4. The van der Waals surface area contributed by atoms with Crippen LogP contribution in [0, 0.1) is 6.92 Å². The molecule has 1 heterocycles. The largest absolute Gasteiger partial charge is 0.477 e. The molecular weight excluding hydrogens is 268 g/mol. The number of rotatable bonds is 5. The van der Waals surface area contributed by atoms with E-state index in [0.717, 1.165) is 5.56 Å². The van der Waals surface area contributed by atoms with Gasteiger partial charge in [-0.15, -0.1) is 0 Å². The summed E-state index contributed by atoms with van der Waals surface area (Å²) in [5.74, 6) is -1.06. The van der Waals surface area contributed by atoms with Crippen molar-refractivity contribution in [1.82, 2.24) is 4.98 Å². The van der Waals surface area contributed by atoms with Crippen molar-refractivity contribution in [2.75, 3.05) is 5.32 Å². The van der Waals surface area contributed by atoms with Crippen LogP contribution in [0.25, 0.3) is 0 Å². The zero-order valence-electron chi connectivity index (χ0n) is 11.7. The monoisotopic (exact) mass is 284 g/mol.